The predicted molar refractivity (Wildman–Crippen MR) is 117 cm³/mol. The first kappa shape index (κ1) is 30.0. The van der Waals surface area contributed by atoms with Crippen molar-refractivity contribution in [1.82, 2.24) is 0 Å². The van der Waals surface area contributed by atoms with E-state index in [1.807, 2.05) is 0 Å². The van der Waals surface area contributed by atoms with Gasteiger partial charge in [-0.2, -0.15) is 56.7 Å². The average molecular weight is 604 g/mol. The minimum atomic E-state index is -7.91. The van der Waals surface area contributed by atoms with E-state index in [0.717, 1.165) is 0 Å². The molecule has 0 atom stereocenters. The highest BCUT2D eigenvalue weighted by Crippen LogP contribution is 2.60. The van der Waals surface area contributed by atoms with Crippen LogP contribution >= 0.6 is 10.6 Å². The maximum Gasteiger partial charge on any atom is 0.460 e. The predicted octanol–water partition coefficient (Wildman–Crippen LogP) is 7.67. The van der Waals surface area contributed by atoms with Crippen LogP contribution in [0.3, 0.4) is 0 Å². The van der Waals surface area contributed by atoms with E-state index in [0.29, 0.717) is 23.3 Å². The van der Waals surface area contributed by atoms with Gasteiger partial charge in [0, 0.05) is 23.3 Å². The average Bonchev–Trinajstić information content (AvgIpc) is 2.76. The fourth-order valence-electron chi connectivity index (χ4n) is 3.25. The van der Waals surface area contributed by atoms with Crippen molar-refractivity contribution >= 4 is 42.3 Å². The Hall–Kier alpha value is -2.53. The van der Waals surface area contributed by atoms with E-state index in [9.17, 15) is 56.7 Å². The molecule has 0 N–H and O–H groups in total. The fourth-order valence-corrected chi connectivity index (χ4v) is 6.45. The standard InChI is InChI=1S/C21H15F11O4S2/c1-37(2,35-16-14-9-5-3-7-12(14)11-13-8-4-6-10-15(13)16)36-38(33,34)21(31,32)19(26,27)17(22,23)18(24,25)20(28,29)30/h3-11H,1-2H3. The van der Waals surface area contributed by atoms with Crippen LogP contribution in [0.5, 0.6) is 5.75 Å². The monoisotopic (exact) mass is 604 g/mol. The second-order valence-electron chi connectivity index (χ2n) is 8.13. The Balaban J connectivity index is 2.05. The number of hydrogen-bond acceptors (Lipinski definition) is 4. The van der Waals surface area contributed by atoms with E-state index >= 15 is 0 Å². The lowest BCUT2D eigenvalue weighted by Gasteiger charge is -2.39. The number of halogens is 11. The molecule has 0 amide bonds. The first-order valence-corrected chi connectivity index (χ1v) is 13.6. The third kappa shape index (κ3) is 4.61. The molecule has 3 aromatic carbocycles. The largest absolute Gasteiger partial charge is 0.460 e. The zero-order chi connectivity index (χ0) is 29.2. The third-order valence-corrected chi connectivity index (χ3v) is 8.56. The van der Waals surface area contributed by atoms with Gasteiger partial charge < -0.3 is 4.18 Å². The molecule has 0 bridgehead atoms. The number of hydrogen-bond donors (Lipinski definition) is 0. The highest BCUT2D eigenvalue weighted by atomic mass is 32.3. The lowest BCUT2D eigenvalue weighted by Crippen LogP contribution is -2.68. The first-order valence-electron chi connectivity index (χ1n) is 9.87. The molecule has 4 nitrogen and oxygen atoms in total. The number of rotatable bonds is 8. The molecule has 3 aromatic rings. The van der Waals surface area contributed by atoms with Crippen LogP contribution in [0, 0.1) is 0 Å². The van der Waals surface area contributed by atoms with E-state index in [1.54, 1.807) is 30.3 Å². The van der Waals surface area contributed by atoms with Gasteiger partial charge in [0.05, 0.1) is 0 Å². The summed E-state index contributed by atoms with van der Waals surface area (Å²) >= 11 is 0. The smallest absolute Gasteiger partial charge is 0.390 e. The molecule has 38 heavy (non-hydrogen) atoms. The molecule has 17 heteroatoms. The van der Waals surface area contributed by atoms with E-state index in [4.69, 9.17) is 4.18 Å². The Morgan fingerprint density at radius 1 is 0.632 bits per heavy atom. The zero-order valence-electron chi connectivity index (χ0n) is 18.8. The molecule has 0 saturated carbocycles. The quantitative estimate of drug-likeness (QED) is 0.196. The molecule has 0 heterocycles. The molecule has 0 aliphatic rings. The molecule has 0 aliphatic carbocycles. The summed E-state index contributed by atoms with van der Waals surface area (Å²) in [5, 5.41) is -5.81. The minimum Gasteiger partial charge on any atom is -0.390 e. The van der Waals surface area contributed by atoms with Crippen LogP contribution in [0.15, 0.2) is 54.6 Å². The maximum atomic E-state index is 14.3. The van der Waals surface area contributed by atoms with E-state index < -0.39 is 49.9 Å². The SMILES string of the molecule is CS(C)(Oc1c2ccccc2cc2ccccc12)OS(=O)(=O)C(F)(F)C(F)(F)C(F)(F)C(F)(F)C(F)(F)F. The van der Waals surface area contributed by atoms with Crippen LogP contribution in [-0.4, -0.2) is 50.1 Å². The second kappa shape index (κ2) is 9.01. The van der Waals surface area contributed by atoms with Gasteiger partial charge in [0.2, 0.25) is 0 Å². The lowest BCUT2D eigenvalue weighted by atomic mass is 10.0. The van der Waals surface area contributed by atoms with Crippen LogP contribution in [0.1, 0.15) is 0 Å². The normalized spacial score (nSPS) is 15.2. The van der Waals surface area contributed by atoms with Crippen LogP contribution in [0.2, 0.25) is 0 Å². The van der Waals surface area contributed by atoms with Crippen molar-refractivity contribution in [3.05, 3.63) is 54.6 Å². The molecule has 0 fully saturated rings. The maximum absolute atomic E-state index is 14.3. The molecule has 0 aromatic heterocycles. The summed E-state index contributed by atoms with van der Waals surface area (Å²) in [5.74, 6) is -23.6. The van der Waals surface area contributed by atoms with Crippen LogP contribution in [0.25, 0.3) is 21.5 Å². The molecule has 0 aliphatic heterocycles. The van der Waals surface area contributed by atoms with E-state index in [-0.39, 0.29) is 16.5 Å². The van der Waals surface area contributed by atoms with Gasteiger partial charge in [0.1, 0.15) is 0 Å². The summed E-state index contributed by atoms with van der Waals surface area (Å²) in [6.45, 7) is 0. The van der Waals surface area contributed by atoms with Crippen LogP contribution in [-0.2, 0) is 13.7 Å². The molecule has 0 radical (unpaired) electrons. The summed E-state index contributed by atoms with van der Waals surface area (Å²) in [6, 6.07) is 13.9. The van der Waals surface area contributed by atoms with Crippen molar-refractivity contribution in [2.24, 2.45) is 0 Å². The Kier molecular flexibility index (Phi) is 7.12. The van der Waals surface area contributed by atoms with Crippen LogP contribution in [0.4, 0.5) is 48.3 Å². The van der Waals surface area contributed by atoms with Crippen molar-refractivity contribution in [3.8, 4) is 5.75 Å². The number of benzene rings is 3. The van der Waals surface area contributed by atoms with Crippen LogP contribution < -0.4 is 4.18 Å². The Morgan fingerprint density at radius 3 is 1.47 bits per heavy atom. The van der Waals surface area contributed by atoms with Gasteiger partial charge in [-0.1, -0.05) is 48.5 Å². The van der Waals surface area contributed by atoms with Crippen molar-refractivity contribution in [2.75, 3.05) is 12.5 Å². The summed E-state index contributed by atoms with van der Waals surface area (Å²) < 4.78 is 180. The van der Waals surface area contributed by atoms with Crippen molar-refractivity contribution in [1.29, 1.82) is 0 Å². The van der Waals surface area contributed by atoms with E-state index in [2.05, 4.69) is 3.63 Å². The Morgan fingerprint density at radius 2 is 1.05 bits per heavy atom. The molecule has 0 spiro atoms. The van der Waals surface area contributed by atoms with Gasteiger partial charge in [0.15, 0.2) is 5.75 Å². The summed E-state index contributed by atoms with van der Waals surface area (Å²) in [5.41, 5.74) is 0. The molecular formula is C21H15F11O4S2. The number of fused-ring (bicyclic) bond motifs is 2. The number of alkyl halides is 11. The molecular weight excluding hydrogens is 589 g/mol. The van der Waals surface area contributed by atoms with Gasteiger partial charge in [-0.15, -0.1) is 14.2 Å². The Bertz CT molecular complexity index is 1420. The highest BCUT2D eigenvalue weighted by molar-refractivity contribution is 8.28. The van der Waals surface area contributed by atoms with Gasteiger partial charge >= 0.3 is 39.3 Å². The molecule has 0 saturated heterocycles. The van der Waals surface area contributed by atoms with Gasteiger partial charge in [-0.05, 0) is 16.8 Å². The van der Waals surface area contributed by atoms with Gasteiger partial charge in [-0.3, -0.25) is 0 Å². The van der Waals surface area contributed by atoms with Gasteiger partial charge in [0.25, 0.3) is 0 Å². The topological polar surface area (TPSA) is 52.6 Å². The van der Waals surface area contributed by atoms with Crippen molar-refractivity contribution < 1.29 is 64.5 Å². The molecule has 212 valence electrons. The second-order valence-corrected chi connectivity index (χ2v) is 12.6. The molecule has 0 unspecified atom stereocenters. The highest BCUT2D eigenvalue weighted by Gasteiger charge is 2.90. The zero-order valence-corrected chi connectivity index (χ0v) is 20.4. The summed E-state index contributed by atoms with van der Waals surface area (Å²) in [4.78, 5) is 0. The van der Waals surface area contributed by atoms with Crippen molar-refractivity contribution in [3.63, 3.8) is 0 Å². The Labute approximate surface area is 209 Å². The molecule has 3 rings (SSSR count). The minimum absolute atomic E-state index is 0.196. The lowest BCUT2D eigenvalue weighted by molar-refractivity contribution is -0.413. The fraction of sp³-hybridized carbons (Fsp3) is 0.333. The van der Waals surface area contributed by atoms with Crippen molar-refractivity contribution in [2.45, 2.75) is 29.2 Å². The van der Waals surface area contributed by atoms with Gasteiger partial charge in [-0.25, -0.2) is 0 Å². The first-order chi connectivity index (χ1) is 17.0. The summed E-state index contributed by atoms with van der Waals surface area (Å²) in [7, 11) is -11.3. The van der Waals surface area contributed by atoms with E-state index in [1.165, 1.54) is 24.3 Å². The summed E-state index contributed by atoms with van der Waals surface area (Å²) in [6.07, 6.45) is -6.11. The third-order valence-electron chi connectivity index (χ3n) is 5.08.